The van der Waals surface area contributed by atoms with Crippen LogP contribution in [0.25, 0.3) is 21.6 Å². The molecule has 0 saturated carbocycles. The van der Waals surface area contributed by atoms with E-state index in [2.05, 4.69) is 20.2 Å². The smallest absolute Gasteiger partial charge is 0.101 e. The number of aromatic amines is 1. The number of nitrogens with one attached hydrogen (secondary N) is 1. The molecule has 0 spiro atoms. The Kier molecular flexibility index (Phi) is 4.70. The maximum absolute atomic E-state index is 12.9. The number of methoxy groups -OCH3 is 1. The molecule has 1 aromatic carbocycles. The molecule has 6 nitrogen and oxygen atoms in total. The van der Waals surface area contributed by atoms with Crippen LogP contribution in [0, 0.1) is 0 Å². The molecule has 1 unspecified atom stereocenters. The van der Waals surface area contributed by atoms with E-state index < -0.39 is 18.8 Å². The lowest BCUT2D eigenvalue weighted by atomic mass is 10.0. The maximum atomic E-state index is 12.9. The minimum absolute atomic E-state index is 0.603. The number of benzene rings is 1. The van der Waals surface area contributed by atoms with Crippen LogP contribution >= 0.6 is 0 Å². The van der Waals surface area contributed by atoms with Crippen molar-refractivity contribution in [1.82, 2.24) is 10.2 Å². The molecule has 0 aliphatic rings. The highest BCUT2D eigenvalue weighted by Gasteiger charge is 2.22. The maximum Gasteiger partial charge on any atom is 0.101 e. The highest BCUT2D eigenvalue weighted by Crippen LogP contribution is 2.26. The van der Waals surface area contributed by atoms with E-state index in [0.29, 0.717) is 0 Å². The van der Waals surface area contributed by atoms with Gasteiger partial charge in [0.2, 0.25) is 0 Å². The van der Waals surface area contributed by atoms with E-state index in [-0.39, 0.29) is 0 Å². The quantitative estimate of drug-likeness (QED) is 0.497. The number of alkyl halides is 1. The van der Waals surface area contributed by atoms with Gasteiger partial charge in [-0.25, -0.2) is 0 Å². The van der Waals surface area contributed by atoms with Crippen LogP contribution in [-0.4, -0.2) is 30.0 Å². The average molecular weight is 275 g/mol. The summed E-state index contributed by atoms with van der Waals surface area (Å²) >= 11 is 0. The van der Waals surface area contributed by atoms with Crippen LogP contribution in [0.4, 0.5) is 4.39 Å². The number of hydrogen-bond donors (Lipinski definition) is 1. The van der Waals surface area contributed by atoms with E-state index >= 15 is 0 Å². The number of nitrogens with zero attached hydrogens (tertiary/aromatic N) is 4. The average Bonchev–Trinajstić information content (AvgIpc) is 3.02. The lowest BCUT2D eigenvalue weighted by molar-refractivity contribution is 0.0722. The topological polar surface area (TPSA) is 86.7 Å². The second-order valence-corrected chi connectivity index (χ2v) is 4.19. The third-order valence-corrected chi connectivity index (χ3v) is 3.03. The van der Waals surface area contributed by atoms with Gasteiger partial charge in [-0.1, -0.05) is 29.4 Å². The van der Waals surface area contributed by atoms with Crippen molar-refractivity contribution >= 4 is 0 Å². The van der Waals surface area contributed by atoms with Gasteiger partial charge in [-0.2, -0.15) is 5.10 Å². The number of rotatable bonds is 6. The first kappa shape index (κ1) is 14.0. The van der Waals surface area contributed by atoms with Gasteiger partial charge in [0, 0.05) is 23.8 Å². The third kappa shape index (κ3) is 2.96. The van der Waals surface area contributed by atoms with Crippen molar-refractivity contribution in [2.75, 3.05) is 13.8 Å². The second-order valence-electron chi connectivity index (χ2n) is 4.19. The van der Waals surface area contributed by atoms with Gasteiger partial charge in [0.1, 0.15) is 6.67 Å². The minimum Gasteiger partial charge on any atom is -0.376 e. The Hall–Kier alpha value is -2.37. The highest BCUT2D eigenvalue weighted by atomic mass is 19.1. The molecule has 2 rings (SSSR count). The zero-order valence-electron chi connectivity index (χ0n) is 10.9. The van der Waals surface area contributed by atoms with Crippen LogP contribution in [0.1, 0.15) is 11.7 Å². The molecular weight excluding hydrogens is 261 g/mol. The van der Waals surface area contributed by atoms with Gasteiger partial charge in [0.25, 0.3) is 0 Å². The Morgan fingerprint density at radius 2 is 2.15 bits per heavy atom. The summed E-state index contributed by atoms with van der Waals surface area (Å²) in [7, 11) is 1.46. The molecule has 0 amide bonds. The zero-order valence-corrected chi connectivity index (χ0v) is 10.9. The Labute approximate surface area is 115 Å². The Balaban J connectivity index is 2.25. The summed E-state index contributed by atoms with van der Waals surface area (Å²) in [4.78, 5) is 2.65. The first-order valence-corrected chi connectivity index (χ1v) is 6.02. The molecule has 0 bridgehead atoms. The monoisotopic (exact) mass is 275 g/mol. The van der Waals surface area contributed by atoms with Crippen LogP contribution in [0.2, 0.25) is 0 Å². The molecule has 7 heteroatoms. The number of azide groups is 1. The van der Waals surface area contributed by atoms with Crippen LogP contribution < -0.4 is 0 Å². The fraction of sp³-hybridized carbons (Fsp3) is 0.308. The van der Waals surface area contributed by atoms with E-state index in [9.17, 15) is 4.39 Å². The number of halogens is 1. The lowest BCUT2D eigenvalue weighted by Gasteiger charge is -2.20. The van der Waals surface area contributed by atoms with Crippen molar-refractivity contribution in [3.8, 4) is 11.1 Å². The van der Waals surface area contributed by atoms with Gasteiger partial charge in [0.15, 0.2) is 0 Å². The van der Waals surface area contributed by atoms with Crippen molar-refractivity contribution < 1.29 is 9.13 Å². The standard InChI is InChI=1S/C13H14FN5O/c1-20-13(12(6-14)18-19-15)10-4-2-9(3-5-10)11-7-16-17-8-11/h2-5,7-8,12-13H,6H2,1H3,(H,16,17)/t12?,13-/m1/s1. The fourth-order valence-electron chi connectivity index (χ4n) is 2.03. The van der Waals surface area contributed by atoms with E-state index in [1.54, 1.807) is 12.4 Å². The molecule has 2 aromatic rings. The molecular formula is C13H14FN5O. The highest BCUT2D eigenvalue weighted by molar-refractivity contribution is 5.61. The van der Waals surface area contributed by atoms with Gasteiger partial charge in [0.05, 0.1) is 18.3 Å². The van der Waals surface area contributed by atoms with Crippen LogP contribution in [0.3, 0.4) is 0 Å². The second kappa shape index (κ2) is 6.70. The normalized spacial score (nSPS) is 13.5. The van der Waals surface area contributed by atoms with E-state index in [0.717, 1.165) is 16.7 Å². The Morgan fingerprint density at radius 1 is 1.40 bits per heavy atom. The third-order valence-electron chi connectivity index (χ3n) is 3.03. The molecule has 0 saturated heterocycles. The predicted molar refractivity (Wildman–Crippen MR) is 72.7 cm³/mol. The van der Waals surface area contributed by atoms with Gasteiger partial charge in [-0.3, -0.25) is 9.49 Å². The van der Waals surface area contributed by atoms with Crippen LogP contribution in [0.15, 0.2) is 41.8 Å². The summed E-state index contributed by atoms with van der Waals surface area (Å²) in [5.41, 5.74) is 11.2. The summed E-state index contributed by atoms with van der Waals surface area (Å²) in [6, 6.07) is 6.55. The van der Waals surface area contributed by atoms with Gasteiger partial charge < -0.3 is 4.74 Å². The van der Waals surface area contributed by atoms with Crippen LogP contribution in [-0.2, 0) is 4.74 Å². The molecule has 1 aromatic heterocycles. The molecule has 0 aliphatic carbocycles. The van der Waals surface area contributed by atoms with Crippen molar-refractivity contribution in [3.63, 3.8) is 0 Å². The number of hydrogen-bond acceptors (Lipinski definition) is 3. The summed E-state index contributed by atoms with van der Waals surface area (Å²) in [5, 5.41) is 10.1. The number of H-pyrrole nitrogens is 1. The largest absolute Gasteiger partial charge is 0.376 e. The van der Waals surface area contributed by atoms with Crippen molar-refractivity contribution in [1.29, 1.82) is 0 Å². The van der Waals surface area contributed by atoms with Gasteiger partial charge >= 0.3 is 0 Å². The first-order valence-electron chi connectivity index (χ1n) is 6.02. The van der Waals surface area contributed by atoms with E-state index in [4.69, 9.17) is 10.3 Å². The molecule has 20 heavy (non-hydrogen) atoms. The van der Waals surface area contributed by atoms with Crippen molar-refractivity contribution in [3.05, 3.63) is 52.7 Å². The molecule has 104 valence electrons. The predicted octanol–water partition coefficient (Wildman–Crippen LogP) is 3.41. The molecule has 1 heterocycles. The molecule has 0 radical (unpaired) electrons. The number of aromatic nitrogens is 2. The Morgan fingerprint density at radius 3 is 2.65 bits per heavy atom. The van der Waals surface area contributed by atoms with E-state index in [1.807, 2.05) is 24.3 Å². The molecule has 1 N–H and O–H groups in total. The molecule has 0 aliphatic heterocycles. The Bertz CT molecular complexity index is 577. The van der Waals surface area contributed by atoms with Crippen LogP contribution in [0.5, 0.6) is 0 Å². The summed E-state index contributed by atoms with van der Waals surface area (Å²) in [6.07, 6.45) is 2.90. The minimum atomic E-state index is -0.871. The summed E-state index contributed by atoms with van der Waals surface area (Å²) in [6.45, 7) is -0.772. The first-order chi connectivity index (χ1) is 9.80. The van der Waals surface area contributed by atoms with Crippen molar-refractivity contribution in [2.45, 2.75) is 12.1 Å². The molecule has 0 fully saturated rings. The van der Waals surface area contributed by atoms with Gasteiger partial charge in [-0.15, -0.1) is 0 Å². The zero-order chi connectivity index (χ0) is 14.4. The molecule has 2 atom stereocenters. The SMILES string of the molecule is CO[C@H](c1ccc(-c2cn[nH]c2)cc1)C(CF)N=[N+]=[N-]. The van der Waals surface area contributed by atoms with Gasteiger partial charge in [-0.05, 0) is 16.7 Å². The number of ether oxygens (including phenoxy) is 1. The van der Waals surface area contributed by atoms with E-state index in [1.165, 1.54) is 7.11 Å². The lowest BCUT2D eigenvalue weighted by Crippen LogP contribution is -2.20. The summed E-state index contributed by atoms with van der Waals surface area (Å²) in [5.74, 6) is 0. The fourth-order valence-corrected chi connectivity index (χ4v) is 2.03. The summed E-state index contributed by atoms with van der Waals surface area (Å²) < 4.78 is 18.2. The van der Waals surface area contributed by atoms with Crippen molar-refractivity contribution in [2.24, 2.45) is 5.11 Å².